The molecule has 0 unspecified atom stereocenters. The van der Waals surface area contributed by atoms with Gasteiger partial charge in [-0.25, -0.2) is 0 Å². The van der Waals surface area contributed by atoms with Crippen LogP contribution < -0.4 is 5.73 Å². The van der Waals surface area contributed by atoms with E-state index in [-0.39, 0.29) is 5.91 Å². The Bertz CT molecular complexity index is 310. The second-order valence-electron chi connectivity index (χ2n) is 4.11. The van der Waals surface area contributed by atoms with Gasteiger partial charge in [-0.1, -0.05) is 19.3 Å². The molecule has 1 aromatic heterocycles. The van der Waals surface area contributed by atoms with Crippen molar-refractivity contribution < 1.29 is 4.79 Å². The Morgan fingerprint density at radius 3 is 2.57 bits per heavy atom. The highest BCUT2D eigenvalue weighted by molar-refractivity contribution is 5.86. The number of amides is 1. The molecule has 3 nitrogen and oxygen atoms in total. The van der Waals surface area contributed by atoms with E-state index < -0.39 is 5.41 Å². The van der Waals surface area contributed by atoms with Gasteiger partial charge in [-0.2, -0.15) is 0 Å². The monoisotopic (exact) mass is 192 g/mol. The SMILES string of the molecule is NC(=O)C1(c2cc[nH]c2)CCCCC1. The maximum Gasteiger partial charge on any atom is 0.228 e. The summed E-state index contributed by atoms with van der Waals surface area (Å²) in [5.74, 6) is -0.170. The molecule has 1 aliphatic rings. The molecule has 76 valence electrons. The molecule has 0 aliphatic heterocycles. The summed E-state index contributed by atoms with van der Waals surface area (Å²) in [6, 6.07) is 1.97. The number of aromatic amines is 1. The fourth-order valence-corrected chi connectivity index (χ4v) is 2.45. The molecule has 0 aromatic carbocycles. The van der Waals surface area contributed by atoms with Crippen molar-refractivity contribution in [3.8, 4) is 0 Å². The van der Waals surface area contributed by atoms with Gasteiger partial charge in [-0.3, -0.25) is 4.79 Å². The molecule has 3 heteroatoms. The predicted molar refractivity (Wildman–Crippen MR) is 54.8 cm³/mol. The van der Waals surface area contributed by atoms with Crippen molar-refractivity contribution in [2.24, 2.45) is 5.73 Å². The van der Waals surface area contributed by atoms with Crippen molar-refractivity contribution in [2.45, 2.75) is 37.5 Å². The molecule has 0 atom stereocenters. The molecule has 1 heterocycles. The second-order valence-corrected chi connectivity index (χ2v) is 4.11. The minimum atomic E-state index is -0.391. The van der Waals surface area contributed by atoms with Crippen molar-refractivity contribution in [3.05, 3.63) is 24.0 Å². The first-order valence-corrected chi connectivity index (χ1v) is 5.19. The fourth-order valence-electron chi connectivity index (χ4n) is 2.45. The maximum absolute atomic E-state index is 11.6. The normalized spacial score (nSPS) is 20.6. The quantitative estimate of drug-likeness (QED) is 0.736. The summed E-state index contributed by atoms with van der Waals surface area (Å²) in [4.78, 5) is 14.6. The summed E-state index contributed by atoms with van der Waals surface area (Å²) in [5, 5.41) is 0. The highest BCUT2D eigenvalue weighted by atomic mass is 16.1. The molecule has 1 amide bonds. The lowest BCUT2D eigenvalue weighted by molar-refractivity contribution is -0.124. The average molecular weight is 192 g/mol. The third-order valence-corrected chi connectivity index (χ3v) is 3.33. The number of nitrogens with two attached hydrogens (primary N) is 1. The van der Waals surface area contributed by atoms with Crippen molar-refractivity contribution >= 4 is 5.91 Å². The van der Waals surface area contributed by atoms with Gasteiger partial charge >= 0.3 is 0 Å². The van der Waals surface area contributed by atoms with Gasteiger partial charge in [0, 0.05) is 12.4 Å². The van der Waals surface area contributed by atoms with Gasteiger partial charge in [0.25, 0.3) is 0 Å². The van der Waals surface area contributed by atoms with Crippen molar-refractivity contribution in [1.29, 1.82) is 0 Å². The van der Waals surface area contributed by atoms with Gasteiger partial charge in [0.15, 0.2) is 0 Å². The van der Waals surface area contributed by atoms with Crippen LogP contribution in [0.4, 0.5) is 0 Å². The van der Waals surface area contributed by atoms with Crippen LogP contribution in [-0.4, -0.2) is 10.9 Å². The number of rotatable bonds is 2. The number of carbonyl (C=O) groups excluding carboxylic acids is 1. The Kier molecular flexibility index (Phi) is 2.32. The van der Waals surface area contributed by atoms with Crippen molar-refractivity contribution in [1.82, 2.24) is 4.98 Å². The van der Waals surface area contributed by atoms with Crippen LogP contribution in [0, 0.1) is 0 Å². The van der Waals surface area contributed by atoms with Crippen LogP contribution in [0.15, 0.2) is 18.5 Å². The number of nitrogens with one attached hydrogen (secondary N) is 1. The fraction of sp³-hybridized carbons (Fsp3) is 0.545. The molecular weight excluding hydrogens is 176 g/mol. The van der Waals surface area contributed by atoms with E-state index >= 15 is 0 Å². The van der Waals surface area contributed by atoms with Crippen LogP contribution in [0.3, 0.4) is 0 Å². The Morgan fingerprint density at radius 2 is 2.07 bits per heavy atom. The summed E-state index contributed by atoms with van der Waals surface area (Å²) in [6.07, 6.45) is 8.99. The van der Waals surface area contributed by atoms with Gasteiger partial charge < -0.3 is 10.7 Å². The third kappa shape index (κ3) is 1.33. The van der Waals surface area contributed by atoms with Crippen LogP contribution in [0.1, 0.15) is 37.7 Å². The van der Waals surface area contributed by atoms with E-state index in [9.17, 15) is 4.79 Å². The first-order chi connectivity index (χ1) is 6.76. The molecule has 0 spiro atoms. The summed E-state index contributed by atoms with van der Waals surface area (Å²) in [6.45, 7) is 0. The van der Waals surface area contributed by atoms with E-state index in [1.54, 1.807) is 0 Å². The maximum atomic E-state index is 11.6. The van der Waals surface area contributed by atoms with Crippen molar-refractivity contribution in [2.75, 3.05) is 0 Å². The predicted octanol–water partition coefficient (Wildman–Crippen LogP) is 1.70. The van der Waals surface area contributed by atoms with Crippen LogP contribution in [-0.2, 0) is 10.2 Å². The van der Waals surface area contributed by atoms with Crippen LogP contribution in [0.2, 0.25) is 0 Å². The highest BCUT2D eigenvalue weighted by Crippen LogP contribution is 2.38. The van der Waals surface area contributed by atoms with Gasteiger partial charge in [-0.15, -0.1) is 0 Å². The lowest BCUT2D eigenvalue weighted by Gasteiger charge is -2.33. The van der Waals surface area contributed by atoms with Crippen LogP contribution >= 0.6 is 0 Å². The van der Waals surface area contributed by atoms with Gasteiger partial charge in [0.05, 0.1) is 5.41 Å². The van der Waals surface area contributed by atoms with E-state index in [1.807, 2.05) is 18.5 Å². The molecule has 0 bridgehead atoms. The minimum absolute atomic E-state index is 0.170. The number of hydrogen-bond acceptors (Lipinski definition) is 1. The molecule has 14 heavy (non-hydrogen) atoms. The van der Waals surface area contributed by atoms with E-state index in [4.69, 9.17) is 5.73 Å². The number of aromatic nitrogens is 1. The zero-order chi connectivity index (χ0) is 10.0. The third-order valence-electron chi connectivity index (χ3n) is 3.33. The molecule has 2 rings (SSSR count). The molecule has 0 radical (unpaired) electrons. The van der Waals surface area contributed by atoms with Gasteiger partial charge in [-0.05, 0) is 24.5 Å². The molecule has 0 saturated heterocycles. The topological polar surface area (TPSA) is 58.9 Å². The summed E-state index contributed by atoms with van der Waals surface area (Å²) < 4.78 is 0. The Balaban J connectivity index is 2.35. The number of primary amides is 1. The number of H-pyrrole nitrogens is 1. The highest BCUT2D eigenvalue weighted by Gasteiger charge is 2.39. The number of hydrogen-bond donors (Lipinski definition) is 2. The number of carbonyl (C=O) groups is 1. The van der Waals surface area contributed by atoms with E-state index in [1.165, 1.54) is 6.42 Å². The molecule has 3 N–H and O–H groups in total. The summed E-state index contributed by atoms with van der Waals surface area (Å²) in [7, 11) is 0. The zero-order valence-electron chi connectivity index (χ0n) is 8.25. The minimum Gasteiger partial charge on any atom is -0.369 e. The molecule has 1 aliphatic carbocycles. The molecule has 1 fully saturated rings. The summed E-state index contributed by atoms with van der Waals surface area (Å²) >= 11 is 0. The second kappa shape index (κ2) is 3.48. The smallest absolute Gasteiger partial charge is 0.228 e. The lowest BCUT2D eigenvalue weighted by Crippen LogP contribution is -2.42. The van der Waals surface area contributed by atoms with Crippen LogP contribution in [0.25, 0.3) is 0 Å². The van der Waals surface area contributed by atoms with Crippen LogP contribution in [0.5, 0.6) is 0 Å². The van der Waals surface area contributed by atoms with Gasteiger partial charge in [0.1, 0.15) is 0 Å². The Labute approximate surface area is 83.7 Å². The Morgan fingerprint density at radius 1 is 1.36 bits per heavy atom. The molecule has 1 saturated carbocycles. The van der Waals surface area contributed by atoms with E-state index in [0.29, 0.717) is 0 Å². The molecule has 1 aromatic rings. The summed E-state index contributed by atoms with van der Waals surface area (Å²) in [5.41, 5.74) is 6.21. The standard InChI is InChI=1S/C11H16N2O/c12-10(14)11(5-2-1-3-6-11)9-4-7-13-8-9/h4,7-8,13H,1-3,5-6H2,(H2,12,14). The zero-order valence-corrected chi connectivity index (χ0v) is 8.25. The first-order valence-electron chi connectivity index (χ1n) is 5.19. The molecular formula is C11H16N2O. The first kappa shape index (κ1) is 9.31. The van der Waals surface area contributed by atoms with E-state index in [2.05, 4.69) is 4.98 Å². The van der Waals surface area contributed by atoms with E-state index in [0.717, 1.165) is 31.2 Å². The largest absolute Gasteiger partial charge is 0.369 e. The van der Waals surface area contributed by atoms with Crippen molar-refractivity contribution in [3.63, 3.8) is 0 Å². The lowest BCUT2D eigenvalue weighted by atomic mass is 9.70. The average Bonchev–Trinajstić information content (AvgIpc) is 2.72. The van der Waals surface area contributed by atoms with Gasteiger partial charge in [0.2, 0.25) is 5.91 Å². The Hall–Kier alpha value is -1.25.